The van der Waals surface area contributed by atoms with Crippen LogP contribution in [0.5, 0.6) is 0 Å². The molecule has 0 aromatic heterocycles. The van der Waals surface area contributed by atoms with Gasteiger partial charge in [0.15, 0.2) is 5.78 Å². The van der Waals surface area contributed by atoms with E-state index < -0.39 is 5.60 Å². The summed E-state index contributed by atoms with van der Waals surface area (Å²) in [5.41, 5.74) is 0.209. The molecule has 0 aliphatic rings. The van der Waals surface area contributed by atoms with E-state index in [9.17, 15) is 9.90 Å². The molecule has 0 unspecified atom stereocenters. The second-order valence-corrected chi connectivity index (χ2v) is 3.59. The number of ketones is 1. The van der Waals surface area contributed by atoms with Crippen molar-refractivity contribution in [1.82, 2.24) is 0 Å². The largest absolute Gasteiger partial charge is 0.390 e. The van der Waals surface area contributed by atoms with Crippen LogP contribution in [-0.4, -0.2) is 16.5 Å². The Balaban J connectivity index is 4.07. The molecule has 0 atom stereocenters. The predicted octanol–water partition coefficient (Wildman–Crippen LogP) is 1.68. The molecule has 2 nitrogen and oxygen atoms in total. The summed E-state index contributed by atoms with van der Waals surface area (Å²) in [4.78, 5) is 10.6. The second-order valence-electron chi connectivity index (χ2n) is 3.59. The predicted molar refractivity (Wildman–Crippen MR) is 45.4 cm³/mol. The van der Waals surface area contributed by atoms with Crippen LogP contribution in [0.2, 0.25) is 0 Å². The summed E-state index contributed by atoms with van der Waals surface area (Å²) in [5, 5.41) is 9.35. The molecule has 0 aromatic carbocycles. The summed E-state index contributed by atoms with van der Waals surface area (Å²) in [6, 6.07) is 0. The minimum absolute atomic E-state index is 0.0340. The lowest BCUT2D eigenvalue weighted by Crippen LogP contribution is -2.18. The van der Waals surface area contributed by atoms with Crippen molar-refractivity contribution >= 4 is 5.78 Å². The van der Waals surface area contributed by atoms with E-state index in [4.69, 9.17) is 0 Å². The monoisotopic (exact) mass is 156 g/mol. The fraction of sp³-hybridized carbons (Fsp3) is 0.667. The summed E-state index contributed by atoms with van der Waals surface area (Å²) in [6.07, 6.45) is 2.10. The average Bonchev–Trinajstić information content (AvgIpc) is 1.53. The van der Waals surface area contributed by atoms with Crippen molar-refractivity contribution in [3.63, 3.8) is 0 Å². The zero-order chi connectivity index (χ0) is 9.07. The van der Waals surface area contributed by atoms with Crippen LogP contribution in [0.15, 0.2) is 11.6 Å². The zero-order valence-corrected chi connectivity index (χ0v) is 7.64. The van der Waals surface area contributed by atoms with Crippen LogP contribution in [0.25, 0.3) is 0 Å². The third-order valence-corrected chi connectivity index (χ3v) is 1.16. The molecule has 0 bridgehead atoms. The van der Waals surface area contributed by atoms with Gasteiger partial charge in [-0.1, -0.05) is 5.57 Å². The lowest BCUT2D eigenvalue weighted by Gasteiger charge is -2.16. The highest BCUT2D eigenvalue weighted by Gasteiger charge is 2.12. The molecule has 0 fully saturated rings. The Kier molecular flexibility index (Phi) is 3.46. The maximum absolute atomic E-state index is 10.6. The molecule has 0 rings (SSSR count). The van der Waals surface area contributed by atoms with Gasteiger partial charge in [-0.2, -0.15) is 0 Å². The number of hydrogen-bond donors (Lipinski definition) is 1. The Hall–Kier alpha value is -0.630. The molecule has 0 spiro atoms. The molecule has 0 aliphatic carbocycles. The summed E-state index contributed by atoms with van der Waals surface area (Å²) in [6.45, 7) is 6.81. The van der Waals surface area contributed by atoms with Gasteiger partial charge in [-0.05, 0) is 40.2 Å². The van der Waals surface area contributed by atoms with E-state index in [-0.39, 0.29) is 5.78 Å². The molecule has 0 amide bonds. The first-order valence-corrected chi connectivity index (χ1v) is 3.71. The lowest BCUT2D eigenvalue weighted by atomic mass is 9.99. The lowest BCUT2D eigenvalue weighted by molar-refractivity contribution is -0.112. The van der Waals surface area contributed by atoms with Crippen LogP contribution in [0.3, 0.4) is 0 Å². The van der Waals surface area contributed by atoms with Gasteiger partial charge in [0.05, 0.1) is 5.60 Å². The van der Waals surface area contributed by atoms with E-state index in [0.717, 1.165) is 5.57 Å². The summed E-state index contributed by atoms with van der Waals surface area (Å²) in [5.74, 6) is 0.0340. The highest BCUT2D eigenvalue weighted by molar-refractivity contribution is 5.87. The van der Waals surface area contributed by atoms with E-state index in [0.29, 0.717) is 6.42 Å². The van der Waals surface area contributed by atoms with Crippen LogP contribution in [0.1, 0.15) is 34.1 Å². The van der Waals surface area contributed by atoms with Gasteiger partial charge < -0.3 is 5.11 Å². The number of allylic oxidation sites excluding steroid dienone is 1. The Morgan fingerprint density at radius 1 is 1.45 bits per heavy atom. The zero-order valence-electron chi connectivity index (χ0n) is 7.64. The van der Waals surface area contributed by atoms with E-state index in [1.807, 2.05) is 6.92 Å². The summed E-state index contributed by atoms with van der Waals surface area (Å²) in [7, 11) is 0. The van der Waals surface area contributed by atoms with Crippen molar-refractivity contribution in [2.24, 2.45) is 0 Å². The van der Waals surface area contributed by atoms with E-state index in [1.54, 1.807) is 19.9 Å². The van der Waals surface area contributed by atoms with Crippen molar-refractivity contribution in [3.05, 3.63) is 11.6 Å². The fourth-order valence-electron chi connectivity index (χ4n) is 1.08. The Bertz CT molecular complexity index is 172. The molecule has 1 N–H and O–H groups in total. The molecule has 2 heteroatoms. The van der Waals surface area contributed by atoms with Crippen LogP contribution in [0, 0.1) is 0 Å². The van der Waals surface area contributed by atoms with Gasteiger partial charge in [0.25, 0.3) is 0 Å². The number of carbonyl (C=O) groups excluding carboxylic acids is 1. The highest BCUT2D eigenvalue weighted by Crippen LogP contribution is 2.14. The summed E-state index contributed by atoms with van der Waals surface area (Å²) < 4.78 is 0. The Morgan fingerprint density at radius 2 is 1.91 bits per heavy atom. The van der Waals surface area contributed by atoms with Crippen LogP contribution >= 0.6 is 0 Å². The minimum Gasteiger partial charge on any atom is -0.390 e. The van der Waals surface area contributed by atoms with E-state index >= 15 is 0 Å². The normalized spacial score (nSPS) is 13.4. The van der Waals surface area contributed by atoms with Gasteiger partial charge in [0, 0.05) is 0 Å². The third-order valence-electron chi connectivity index (χ3n) is 1.16. The fourth-order valence-corrected chi connectivity index (χ4v) is 1.08. The van der Waals surface area contributed by atoms with Gasteiger partial charge in [-0.3, -0.25) is 4.79 Å². The smallest absolute Gasteiger partial charge is 0.152 e. The Morgan fingerprint density at radius 3 is 2.18 bits per heavy atom. The van der Waals surface area contributed by atoms with Crippen molar-refractivity contribution in [2.75, 3.05) is 0 Å². The molecule has 0 saturated heterocycles. The van der Waals surface area contributed by atoms with Crippen LogP contribution in [-0.2, 0) is 4.79 Å². The average molecular weight is 156 g/mol. The molecule has 0 radical (unpaired) electrons. The van der Waals surface area contributed by atoms with Gasteiger partial charge >= 0.3 is 0 Å². The maximum atomic E-state index is 10.6. The molecule has 0 heterocycles. The van der Waals surface area contributed by atoms with Crippen LogP contribution in [0.4, 0.5) is 0 Å². The minimum atomic E-state index is -0.712. The van der Waals surface area contributed by atoms with Gasteiger partial charge in [0.1, 0.15) is 0 Å². The van der Waals surface area contributed by atoms with E-state index in [2.05, 4.69) is 0 Å². The number of rotatable bonds is 3. The van der Waals surface area contributed by atoms with Crippen molar-refractivity contribution in [1.29, 1.82) is 0 Å². The molecule has 0 saturated carbocycles. The standard InChI is InChI=1S/C9H16O2/c1-7(5-8(2)10)6-9(3,4)11/h5,11H,6H2,1-4H3. The molecule has 64 valence electrons. The molecular formula is C9H16O2. The van der Waals surface area contributed by atoms with Crippen molar-refractivity contribution in [3.8, 4) is 0 Å². The molecule has 0 aromatic rings. The first-order chi connectivity index (χ1) is 4.81. The first-order valence-electron chi connectivity index (χ1n) is 3.71. The number of aliphatic hydroxyl groups is 1. The molecule has 0 aliphatic heterocycles. The number of hydrogen-bond acceptors (Lipinski definition) is 2. The SMILES string of the molecule is CC(=O)C=C(C)CC(C)(C)O. The van der Waals surface area contributed by atoms with Gasteiger partial charge in [0.2, 0.25) is 0 Å². The molecule has 11 heavy (non-hydrogen) atoms. The topological polar surface area (TPSA) is 37.3 Å². The Labute approximate surface area is 67.9 Å². The maximum Gasteiger partial charge on any atom is 0.152 e. The quantitative estimate of drug-likeness (QED) is 0.631. The van der Waals surface area contributed by atoms with Crippen LogP contribution < -0.4 is 0 Å². The summed E-state index contributed by atoms with van der Waals surface area (Å²) >= 11 is 0. The van der Waals surface area contributed by atoms with Gasteiger partial charge in [-0.15, -0.1) is 0 Å². The second kappa shape index (κ2) is 3.67. The van der Waals surface area contributed by atoms with E-state index in [1.165, 1.54) is 6.92 Å². The van der Waals surface area contributed by atoms with Gasteiger partial charge in [-0.25, -0.2) is 0 Å². The van der Waals surface area contributed by atoms with Crippen molar-refractivity contribution < 1.29 is 9.90 Å². The highest BCUT2D eigenvalue weighted by atomic mass is 16.3. The molecular weight excluding hydrogens is 140 g/mol. The number of carbonyl (C=O) groups is 1. The van der Waals surface area contributed by atoms with Crippen molar-refractivity contribution in [2.45, 2.75) is 39.7 Å². The first kappa shape index (κ1) is 10.4. The third kappa shape index (κ3) is 7.26.